The monoisotopic (exact) mass is 467 g/mol. The van der Waals surface area contributed by atoms with Crippen LogP contribution in [0.3, 0.4) is 0 Å². The number of carbonyl (C=O) groups excluding carboxylic acids is 1. The average Bonchev–Trinajstić information content (AvgIpc) is 2.80. The molecule has 0 spiro atoms. The van der Waals surface area contributed by atoms with Crippen LogP contribution < -0.4 is 14.9 Å². The lowest BCUT2D eigenvalue weighted by Crippen LogP contribution is -2.32. The predicted molar refractivity (Wildman–Crippen MR) is 126 cm³/mol. The van der Waals surface area contributed by atoms with E-state index in [1.165, 1.54) is 25.5 Å². The molecule has 0 aromatic heterocycles. The van der Waals surface area contributed by atoms with E-state index in [-0.39, 0.29) is 22.8 Å². The molecule has 0 fully saturated rings. The summed E-state index contributed by atoms with van der Waals surface area (Å²) in [4.78, 5) is 12.7. The SMILES string of the molecule is COc1cccc(/C=N\NC(=O)C[C@@H](NS(=O)(=O)c2ccc(C)cc2)c2ccccc2)c1O. The molecule has 1 amide bonds. The van der Waals surface area contributed by atoms with Crippen LogP contribution in [0.5, 0.6) is 11.5 Å². The van der Waals surface area contributed by atoms with Crippen LogP contribution in [0.2, 0.25) is 0 Å². The Bertz CT molecular complexity index is 1230. The van der Waals surface area contributed by atoms with Crippen LogP contribution in [0.25, 0.3) is 0 Å². The van der Waals surface area contributed by atoms with Crippen molar-refractivity contribution in [3.8, 4) is 11.5 Å². The molecule has 172 valence electrons. The third kappa shape index (κ3) is 6.41. The molecule has 3 N–H and O–H groups in total. The molecular weight excluding hydrogens is 442 g/mol. The molecule has 3 aromatic rings. The first-order chi connectivity index (χ1) is 15.8. The van der Waals surface area contributed by atoms with Crippen molar-refractivity contribution >= 4 is 22.1 Å². The van der Waals surface area contributed by atoms with Crippen molar-refractivity contribution in [3.05, 3.63) is 89.5 Å². The number of para-hydroxylation sites is 1. The van der Waals surface area contributed by atoms with Crippen LogP contribution in [-0.4, -0.2) is 32.8 Å². The van der Waals surface area contributed by atoms with Gasteiger partial charge in [-0.05, 0) is 36.8 Å². The van der Waals surface area contributed by atoms with E-state index < -0.39 is 22.0 Å². The van der Waals surface area contributed by atoms with E-state index >= 15 is 0 Å². The second-order valence-electron chi connectivity index (χ2n) is 7.29. The van der Waals surface area contributed by atoms with Crippen LogP contribution in [0.4, 0.5) is 0 Å². The van der Waals surface area contributed by atoms with Crippen molar-refractivity contribution in [2.75, 3.05) is 7.11 Å². The van der Waals surface area contributed by atoms with E-state index in [0.29, 0.717) is 11.1 Å². The highest BCUT2D eigenvalue weighted by atomic mass is 32.2. The summed E-state index contributed by atoms with van der Waals surface area (Å²) in [5, 5.41) is 14.0. The molecule has 0 bridgehead atoms. The summed E-state index contributed by atoms with van der Waals surface area (Å²) in [7, 11) is -2.43. The minimum Gasteiger partial charge on any atom is -0.504 e. The van der Waals surface area contributed by atoms with Gasteiger partial charge in [-0.3, -0.25) is 4.79 Å². The first-order valence-electron chi connectivity index (χ1n) is 10.1. The lowest BCUT2D eigenvalue weighted by atomic mass is 10.0. The smallest absolute Gasteiger partial charge is 0.242 e. The number of hydrogen-bond acceptors (Lipinski definition) is 6. The Morgan fingerprint density at radius 1 is 1.06 bits per heavy atom. The number of ether oxygens (including phenoxy) is 1. The summed E-state index contributed by atoms with van der Waals surface area (Å²) in [6.45, 7) is 1.87. The molecule has 0 unspecified atom stereocenters. The Morgan fingerprint density at radius 3 is 2.42 bits per heavy atom. The molecule has 0 radical (unpaired) electrons. The number of aryl methyl sites for hydroxylation is 1. The number of phenols is 1. The quantitative estimate of drug-likeness (QED) is 0.330. The largest absolute Gasteiger partial charge is 0.504 e. The molecule has 0 heterocycles. The third-order valence-corrected chi connectivity index (χ3v) is 6.35. The zero-order valence-electron chi connectivity index (χ0n) is 18.2. The highest BCUT2D eigenvalue weighted by Gasteiger charge is 2.23. The van der Waals surface area contributed by atoms with Gasteiger partial charge in [-0.15, -0.1) is 0 Å². The summed E-state index contributed by atoms with van der Waals surface area (Å²) in [6, 6.07) is 19.4. The number of methoxy groups -OCH3 is 1. The highest BCUT2D eigenvalue weighted by molar-refractivity contribution is 7.89. The maximum absolute atomic E-state index is 12.9. The number of carbonyl (C=O) groups is 1. The number of sulfonamides is 1. The molecule has 0 aliphatic rings. The van der Waals surface area contributed by atoms with Crippen LogP contribution in [0, 0.1) is 6.92 Å². The van der Waals surface area contributed by atoms with Gasteiger partial charge in [-0.1, -0.05) is 54.1 Å². The summed E-state index contributed by atoms with van der Waals surface area (Å²) in [5.41, 5.74) is 4.30. The Hall–Kier alpha value is -3.69. The Labute approximate surface area is 193 Å². The van der Waals surface area contributed by atoms with Crippen molar-refractivity contribution in [2.24, 2.45) is 5.10 Å². The number of benzene rings is 3. The number of aromatic hydroxyl groups is 1. The molecule has 33 heavy (non-hydrogen) atoms. The summed E-state index contributed by atoms with van der Waals surface area (Å²) < 4.78 is 33.4. The van der Waals surface area contributed by atoms with Crippen molar-refractivity contribution in [2.45, 2.75) is 24.3 Å². The minimum atomic E-state index is -3.86. The number of phenolic OH excluding ortho intramolecular Hbond substituents is 1. The average molecular weight is 468 g/mol. The normalized spacial score (nSPS) is 12.4. The Balaban J connectivity index is 1.74. The molecular formula is C24H25N3O5S. The third-order valence-electron chi connectivity index (χ3n) is 4.86. The maximum Gasteiger partial charge on any atom is 0.242 e. The van der Waals surface area contributed by atoms with E-state index in [0.717, 1.165) is 5.56 Å². The van der Waals surface area contributed by atoms with Gasteiger partial charge in [0.15, 0.2) is 11.5 Å². The predicted octanol–water partition coefficient (Wildman–Crippen LogP) is 3.27. The number of hydrazone groups is 1. The summed E-state index contributed by atoms with van der Waals surface area (Å²) >= 11 is 0. The molecule has 1 atom stereocenters. The maximum atomic E-state index is 12.9. The van der Waals surface area contributed by atoms with Crippen LogP contribution in [0.1, 0.15) is 29.2 Å². The molecule has 9 heteroatoms. The molecule has 8 nitrogen and oxygen atoms in total. The Morgan fingerprint density at radius 2 is 1.76 bits per heavy atom. The van der Waals surface area contributed by atoms with Gasteiger partial charge >= 0.3 is 0 Å². The van der Waals surface area contributed by atoms with Crippen LogP contribution in [0.15, 0.2) is 82.8 Å². The number of hydrogen-bond donors (Lipinski definition) is 3. The molecule has 0 saturated heterocycles. The number of rotatable bonds is 9. The molecule has 0 aliphatic heterocycles. The van der Waals surface area contributed by atoms with E-state index in [1.807, 2.05) is 6.92 Å². The highest BCUT2D eigenvalue weighted by Crippen LogP contribution is 2.28. The van der Waals surface area contributed by atoms with Gasteiger partial charge in [0, 0.05) is 12.0 Å². The molecule has 3 aromatic carbocycles. The zero-order chi connectivity index (χ0) is 23.8. The van der Waals surface area contributed by atoms with E-state index in [1.54, 1.807) is 60.7 Å². The summed E-state index contributed by atoms with van der Waals surface area (Å²) in [6.07, 6.45) is 1.10. The van der Waals surface area contributed by atoms with Crippen molar-refractivity contribution in [1.82, 2.24) is 10.1 Å². The lowest BCUT2D eigenvalue weighted by Gasteiger charge is -2.18. The molecule has 0 aliphatic carbocycles. The summed E-state index contributed by atoms with van der Waals surface area (Å²) in [5.74, 6) is -0.333. The van der Waals surface area contributed by atoms with Crippen LogP contribution >= 0.6 is 0 Å². The van der Waals surface area contributed by atoms with Crippen molar-refractivity contribution in [3.63, 3.8) is 0 Å². The Kier molecular flexibility index (Phi) is 7.81. The number of nitrogens with one attached hydrogen (secondary N) is 2. The van der Waals surface area contributed by atoms with Gasteiger partial charge in [0.05, 0.1) is 24.3 Å². The second-order valence-corrected chi connectivity index (χ2v) is 9.01. The van der Waals surface area contributed by atoms with E-state index in [9.17, 15) is 18.3 Å². The number of amides is 1. The van der Waals surface area contributed by atoms with Crippen molar-refractivity contribution in [1.29, 1.82) is 0 Å². The van der Waals surface area contributed by atoms with Gasteiger partial charge < -0.3 is 9.84 Å². The first kappa shape index (κ1) is 24.0. The first-order valence-corrected chi connectivity index (χ1v) is 11.6. The van der Waals surface area contributed by atoms with Crippen LogP contribution in [-0.2, 0) is 14.8 Å². The fourth-order valence-electron chi connectivity index (χ4n) is 3.10. The standard InChI is InChI=1S/C24H25N3O5S/c1-17-11-13-20(14-12-17)33(30,31)27-21(18-7-4-3-5-8-18)15-23(28)26-25-16-19-9-6-10-22(32-2)24(19)29/h3-14,16,21,27,29H,15H2,1-2H3,(H,26,28)/b25-16-/t21-/m1/s1. The van der Waals surface area contributed by atoms with Gasteiger partial charge in [-0.25, -0.2) is 18.6 Å². The van der Waals surface area contributed by atoms with Gasteiger partial charge in [0.25, 0.3) is 0 Å². The van der Waals surface area contributed by atoms with Gasteiger partial charge in [-0.2, -0.15) is 5.10 Å². The van der Waals surface area contributed by atoms with Crippen molar-refractivity contribution < 1.29 is 23.1 Å². The van der Waals surface area contributed by atoms with E-state index in [4.69, 9.17) is 4.74 Å². The van der Waals surface area contributed by atoms with E-state index in [2.05, 4.69) is 15.2 Å². The molecule has 0 saturated carbocycles. The topological polar surface area (TPSA) is 117 Å². The fraction of sp³-hybridized carbons (Fsp3) is 0.167. The van der Waals surface area contributed by atoms with Gasteiger partial charge in [0.2, 0.25) is 15.9 Å². The second kappa shape index (κ2) is 10.8. The fourth-order valence-corrected chi connectivity index (χ4v) is 4.32. The minimum absolute atomic E-state index is 0.106. The van der Waals surface area contributed by atoms with Gasteiger partial charge in [0.1, 0.15) is 0 Å². The zero-order valence-corrected chi connectivity index (χ0v) is 19.0. The number of nitrogens with zero attached hydrogens (tertiary/aromatic N) is 1. The molecule has 3 rings (SSSR count). The lowest BCUT2D eigenvalue weighted by molar-refractivity contribution is -0.121.